The molecule has 0 spiro atoms. The summed E-state index contributed by atoms with van der Waals surface area (Å²) in [7, 11) is 0. The molecule has 2 nitrogen and oxygen atoms in total. The average Bonchev–Trinajstić information content (AvgIpc) is 2.41. The smallest absolute Gasteiger partial charge is 0.0449 e. The SMILES string of the molecule is NC(CCc1ccncc1)Cc1ccc(Br)cc1Cl. The van der Waals surface area contributed by atoms with E-state index in [2.05, 4.69) is 20.9 Å². The van der Waals surface area contributed by atoms with Gasteiger partial charge < -0.3 is 5.73 Å². The van der Waals surface area contributed by atoms with E-state index in [0.717, 1.165) is 34.3 Å². The van der Waals surface area contributed by atoms with E-state index in [-0.39, 0.29) is 6.04 Å². The van der Waals surface area contributed by atoms with Crippen LogP contribution in [0.15, 0.2) is 47.2 Å². The lowest BCUT2D eigenvalue weighted by Gasteiger charge is -2.13. The van der Waals surface area contributed by atoms with Crippen LogP contribution in [0.1, 0.15) is 17.5 Å². The first-order valence-corrected chi connectivity index (χ1v) is 7.40. The number of benzene rings is 1. The molecule has 0 saturated carbocycles. The first-order valence-electron chi connectivity index (χ1n) is 6.23. The van der Waals surface area contributed by atoms with Crippen molar-refractivity contribution in [2.75, 3.05) is 0 Å². The number of halogens is 2. The molecule has 1 atom stereocenters. The summed E-state index contributed by atoms with van der Waals surface area (Å²) in [5.74, 6) is 0. The summed E-state index contributed by atoms with van der Waals surface area (Å²) in [6.07, 6.45) is 6.34. The molecule has 1 aromatic heterocycles. The molecule has 0 aliphatic rings. The van der Waals surface area contributed by atoms with Crippen LogP contribution in [0.25, 0.3) is 0 Å². The molecule has 0 aliphatic heterocycles. The molecule has 1 unspecified atom stereocenters. The lowest BCUT2D eigenvalue weighted by atomic mass is 10.0. The molecule has 19 heavy (non-hydrogen) atoms. The third-order valence-electron chi connectivity index (χ3n) is 3.05. The summed E-state index contributed by atoms with van der Waals surface area (Å²) < 4.78 is 0.992. The molecule has 100 valence electrons. The maximum absolute atomic E-state index is 6.20. The predicted molar refractivity (Wildman–Crippen MR) is 83.4 cm³/mol. The molecule has 4 heteroatoms. The van der Waals surface area contributed by atoms with Crippen LogP contribution in [0.2, 0.25) is 5.02 Å². The molecule has 0 aliphatic carbocycles. The molecule has 0 fully saturated rings. The molecule has 0 amide bonds. The van der Waals surface area contributed by atoms with Gasteiger partial charge in [-0.25, -0.2) is 0 Å². The largest absolute Gasteiger partial charge is 0.327 e. The highest BCUT2D eigenvalue weighted by atomic mass is 79.9. The number of hydrogen-bond donors (Lipinski definition) is 1. The normalized spacial score (nSPS) is 12.4. The number of nitrogens with zero attached hydrogens (tertiary/aromatic N) is 1. The van der Waals surface area contributed by atoms with Crippen molar-refractivity contribution in [3.05, 3.63) is 63.3 Å². The zero-order chi connectivity index (χ0) is 13.7. The number of aryl methyl sites for hydroxylation is 1. The molecule has 0 saturated heterocycles. The third kappa shape index (κ3) is 4.60. The van der Waals surface area contributed by atoms with Crippen molar-refractivity contribution in [2.24, 2.45) is 5.73 Å². The molecule has 0 radical (unpaired) electrons. The molecular formula is C15H16BrClN2. The maximum Gasteiger partial charge on any atom is 0.0449 e. The maximum atomic E-state index is 6.20. The Morgan fingerprint density at radius 2 is 1.95 bits per heavy atom. The van der Waals surface area contributed by atoms with Crippen LogP contribution >= 0.6 is 27.5 Å². The van der Waals surface area contributed by atoms with E-state index in [1.807, 2.05) is 42.7 Å². The van der Waals surface area contributed by atoms with Gasteiger partial charge >= 0.3 is 0 Å². The van der Waals surface area contributed by atoms with Crippen molar-refractivity contribution >= 4 is 27.5 Å². The minimum absolute atomic E-state index is 0.117. The van der Waals surface area contributed by atoms with Crippen molar-refractivity contribution in [1.82, 2.24) is 4.98 Å². The number of pyridine rings is 1. The van der Waals surface area contributed by atoms with Gasteiger partial charge in [-0.05, 0) is 54.7 Å². The standard InChI is InChI=1S/C15H16BrClN2/c16-13-3-2-12(15(17)10-13)9-14(18)4-1-11-5-7-19-8-6-11/h2-3,5-8,10,14H,1,4,9,18H2. The van der Waals surface area contributed by atoms with Crippen LogP contribution in [0.4, 0.5) is 0 Å². The molecule has 2 aromatic rings. The van der Waals surface area contributed by atoms with E-state index in [1.165, 1.54) is 5.56 Å². The topological polar surface area (TPSA) is 38.9 Å². The Kier molecular flexibility index (Phi) is 5.37. The van der Waals surface area contributed by atoms with E-state index < -0.39 is 0 Å². The Hall–Kier alpha value is -0.900. The Morgan fingerprint density at radius 3 is 2.63 bits per heavy atom. The van der Waals surface area contributed by atoms with Crippen LogP contribution in [-0.4, -0.2) is 11.0 Å². The van der Waals surface area contributed by atoms with Crippen LogP contribution in [0.5, 0.6) is 0 Å². The number of aromatic nitrogens is 1. The molecule has 1 heterocycles. The van der Waals surface area contributed by atoms with E-state index in [9.17, 15) is 0 Å². The van der Waals surface area contributed by atoms with Gasteiger partial charge in [0.15, 0.2) is 0 Å². The van der Waals surface area contributed by atoms with E-state index in [4.69, 9.17) is 17.3 Å². The van der Waals surface area contributed by atoms with Gasteiger partial charge in [-0.15, -0.1) is 0 Å². The van der Waals surface area contributed by atoms with Crippen molar-refractivity contribution < 1.29 is 0 Å². The second-order valence-corrected chi connectivity index (χ2v) is 5.92. The Labute approximate surface area is 127 Å². The summed E-state index contributed by atoms with van der Waals surface area (Å²) in [5, 5.41) is 0.772. The van der Waals surface area contributed by atoms with E-state index >= 15 is 0 Å². The lowest BCUT2D eigenvalue weighted by molar-refractivity contribution is 0.610. The van der Waals surface area contributed by atoms with Gasteiger partial charge in [0.25, 0.3) is 0 Å². The van der Waals surface area contributed by atoms with Gasteiger partial charge in [-0.3, -0.25) is 4.98 Å². The summed E-state index contributed by atoms with van der Waals surface area (Å²) in [6.45, 7) is 0. The Morgan fingerprint density at radius 1 is 1.21 bits per heavy atom. The van der Waals surface area contributed by atoms with Crippen LogP contribution in [-0.2, 0) is 12.8 Å². The highest BCUT2D eigenvalue weighted by molar-refractivity contribution is 9.10. The minimum atomic E-state index is 0.117. The first-order chi connectivity index (χ1) is 9.15. The van der Waals surface area contributed by atoms with Crippen molar-refractivity contribution in [1.29, 1.82) is 0 Å². The zero-order valence-electron chi connectivity index (χ0n) is 10.5. The summed E-state index contributed by atoms with van der Waals surface area (Å²) >= 11 is 9.60. The fourth-order valence-corrected chi connectivity index (χ4v) is 2.72. The predicted octanol–water partition coefficient (Wildman–Crippen LogP) is 4.00. The molecule has 2 rings (SSSR count). The van der Waals surface area contributed by atoms with E-state index in [1.54, 1.807) is 0 Å². The number of hydrogen-bond acceptors (Lipinski definition) is 2. The minimum Gasteiger partial charge on any atom is -0.327 e. The van der Waals surface area contributed by atoms with Gasteiger partial charge in [-0.1, -0.05) is 33.6 Å². The average molecular weight is 340 g/mol. The van der Waals surface area contributed by atoms with Gasteiger partial charge in [0.2, 0.25) is 0 Å². The lowest BCUT2D eigenvalue weighted by Crippen LogP contribution is -2.23. The van der Waals surface area contributed by atoms with Gasteiger partial charge in [0, 0.05) is 27.9 Å². The Bertz CT molecular complexity index is 531. The second kappa shape index (κ2) is 7.04. The van der Waals surface area contributed by atoms with Gasteiger partial charge in [0.1, 0.15) is 0 Å². The number of nitrogens with two attached hydrogens (primary N) is 1. The Balaban J connectivity index is 1.89. The highest BCUT2D eigenvalue weighted by Crippen LogP contribution is 2.22. The van der Waals surface area contributed by atoms with E-state index in [0.29, 0.717) is 0 Å². The summed E-state index contributed by atoms with van der Waals surface area (Å²) in [6, 6.07) is 10.1. The molecule has 0 bridgehead atoms. The van der Waals surface area contributed by atoms with Crippen LogP contribution in [0, 0.1) is 0 Å². The quantitative estimate of drug-likeness (QED) is 0.894. The highest BCUT2D eigenvalue weighted by Gasteiger charge is 2.08. The van der Waals surface area contributed by atoms with Crippen LogP contribution in [0.3, 0.4) is 0 Å². The molecular weight excluding hydrogens is 324 g/mol. The van der Waals surface area contributed by atoms with Crippen molar-refractivity contribution in [3.8, 4) is 0 Å². The zero-order valence-corrected chi connectivity index (χ0v) is 12.9. The fraction of sp³-hybridized carbons (Fsp3) is 0.267. The fourth-order valence-electron chi connectivity index (χ4n) is 1.97. The monoisotopic (exact) mass is 338 g/mol. The summed E-state index contributed by atoms with van der Waals surface area (Å²) in [5.41, 5.74) is 8.55. The number of rotatable bonds is 5. The van der Waals surface area contributed by atoms with Gasteiger partial charge in [0.05, 0.1) is 0 Å². The summed E-state index contributed by atoms with van der Waals surface area (Å²) in [4.78, 5) is 4.01. The second-order valence-electron chi connectivity index (χ2n) is 4.59. The van der Waals surface area contributed by atoms with Crippen molar-refractivity contribution in [2.45, 2.75) is 25.3 Å². The van der Waals surface area contributed by atoms with Crippen molar-refractivity contribution in [3.63, 3.8) is 0 Å². The molecule has 2 N–H and O–H groups in total. The first kappa shape index (κ1) is 14.5. The third-order valence-corrected chi connectivity index (χ3v) is 3.90. The van der Waals surface area contributed by atoms with Gasteiger partial charge in [-0.2, -0.15) is 0 Å². The van der Waals surface area contributed by atoms with Crippen LogP contribution < -0.4 is 5.73 Å². The molecule has 1 aromatic carbocycles.